The van der Waals surface area contributed by atoms with Crippen LogP contribution in [0.1, 0.15) is 11.3 Å². The quantitative estimate of drug-likeness (QED) is 0.499. The van der Waals surface area contributed by atoms with Gasteiger partial charge in [-0.15, -0.1) is 0 Å². The predicted molar refractivity (Wildman–Crippen MR) is 95.1 cm³/mol. The Balaban J connectivity index is 1.92. The van der Waals surface area contributed by atoms with Crippen LogP contribution >= 0.6 is 11.6 Å². The second kappa shape index (κ2) is 7.53. The van der Waals surface area contributed by atoms with Gasteiger partial charge in [0.25, 0.3) is 0 Å². The van der Waals surface area contributed by atoms with Crippen LogP contribution in [0.25, 0.3) is 11.4 Å². The third-order valence-electron chi connectivity index (χ3n) is 3.34. The van der Waals surface area contributed by atoms with E-state index in [0.29, 0.717) is 16.1 Å². The molecule has 0 unspecified atom stereocenters. The lowest BCUT2D eigenvalue weighted by molar-refractivity contribution is -0.141. The molecular formula is C18H12ClF3N4. The summed E-state index contributed by atoms with van der Waals surface area (Å²) >= 11 is 6.00. The van der Waals surface area contributed by atoms with Gasteiger partial charge < -0.3 is 0 Å². The minimum Gasteiger partial charge on any atom is -0.261 e. The number of halogens is 4. The highest BCUT2D eigenvalue weighted by molar-refractivity contribution is 6.33. The van der Waals surface area contributed by atoms with Crippen LogP contribution in [0.5, 0.6) is 0 Å². The maximum Gasteiger partial charge on any atom is 0.433 e. The standard InChI is InChI=1S/C18H12ClF3N4/c19-14-9-5-4-8-13(14)11-23-26-16-10-15(18(20,21)22)24-17(25-16)12-6-2-1-3-7-12/h1-11H,(H,24,25,26). The van der Waals surface area contributed by atoms with Crippen LogP contribution in [0.15, 0.2) is 65.8 Å². The zero-order chi connectivity index (χ0) is 18.6. The molecule has 1 N–H and O–H groups in total. The number of alkyl halides is 3. The third-order valence-corrected chi connectivity index (χ3v) is 3.68. The average Bonchev–Trinajstić information content (AvgIpc) is 2.63. The molecule has 0 radical (unpaired) electrons. The average molecular weight is 377 g/mol. The Kier molecular flexibility index (Phi) is 5.18. The number of hydrazone groups is 1. The first kappa shape index (κ1) is 17.9. The molecule has 0 aliphatic carbocycles. The molecule has 3 rings (SSSR count). The molecule has 26 heavy (non-hydrogen) atoms. The Hall–Kier alpha value is -2.93. The normalized spacial score (nSPS) is 11.7. The maximum absolute atomic E-state index is 13.1. The summed E-state index contributed by atoms with van der Waals surface area (Å²) in [6.45, 7) is 0. The Bertz CT molecular complexity index is 927. The van der Waals surface area contributed by atoms with Crippen molar-refractivity contribution in [3.63, 3.8) is 0 Å². The summed E-state index contributed by atoms with van der Waals surface area (Å²) in [5.41, 5.74) is 2.54. The van der Waals surface area contributed by atoms with Crippen LogP contribution in [0.3, 0.4) is 0 Å². The van der Waals surface area contributed by atoms with Crippen molar-refractivity contribution in [2.24, 2.45) is 5.10 Å². The third kappa shape index (κ3) is 4.37. The summed E-state index contributed by atoms with van der Waals surface area (Å²) in [4.78, 5) is 7.71. The minimum atomic E-state index is -4.60. The van der Waals surface area contributed by atoms with Crippen molar-refractivity contribution in [3.8, 4) is 11.4 Å². The van der Waals surface area contributed by atoms with Gasteiger partial charge in [-0.2, -0.15) is 18.3 Å². The first-order chi connectivity index (χ1) is 12.4. The smallest absolute Gasteiger partial charge is 0.261 e. The molecule has 132 valence electrons. The zero-order valence-electron chi connectivity index (χ0n) is 13.2. The highest BCUT2D eigenvalue weighted by Gasteiger charge is 2.33. The summed E-state index contributed by atoms with van der Waals surface area (Å²) < 4.78 is 39.4. The lowest BCUT2D eigenvalue weighted by Crippen LogP contribution is -2.11. The Morgan fingerprint density at radius 3 is 2.35 bits per heavy atom. The molecule has 4 nitrogen and oxygen atoms in total. The molecule has 2 aromatic carbocycles. The predicted octanol–water partition coefficient (Wildman–Crippen LogP) is 5.26. The van der Waals surface area contributed by atoms with Crippen molar-refractivity contribution in [1.82, 2.24) is 9.97 Å². The highest BCUT2D eigenvalue weighted by atomic mass is 35.5. The first-order valence-corrected chi connectivity index (χ1v) is 7.86. The van der Waals surface area contributed by atoms with E-state index in [1.807, 2.05) is 0 Å². The van der Waals surface area contributed by atoms with Crippen molar-refractivity contribution in [3.05, 3.63) is 76.9 Å². The molecular weight excluding hydrogens is 365 g/mol. The van der Waals surface area contributed by atoms with Gasteiger partial charge in [-0.25, -0.2) is 9.97 Å². The van der Waals surface area contributed by atoms with Crippen LogP contribution in [0.4, 0.5) is 19.0 Å². The van der Waals surface area contributed by atoms with Crippen LogP contribution in [0, 0.1) is 0 Å². The van der Waals surface area contributed by atoms with E-state index in [1.165, 1.54) is 6.21 Å². The van der Waals surface area contributed by atoms with Crippen LogP contribution in [0.2, 0.25) is 5.02 Å². The van der Waals surface area contributed by atoms with Crippen molar-refractivity contribution >= 4 is 23.6 Å². The molecule has 0 fully saturated rings. The Labute approximate surface area is 152 Å². The molecule has 0 amide bonds. The van der Waals surface area contributed by atoms with Crippen LogP contribution in [-0.4, -0.2) is 16.2 Å². The van der Waals surface area contributed by atoms with E-state index in [1.54, 1.807) is 54.6 Å². The van der Waals surface area contributed by atoms with Gasteiger partial charge in [0.2, 0.25) is 0 Å². The fourth-order valence-corrected chi connectivity index (χ4v) is 2.30. The van der Waals surface area contributed by atoms with Gasteiger partial charge in [-0.05, 0) is 6.07 Å². The maximum atomic E-state index is 13.1. The van der Waals surface area contributed by atoms with Gasteiger partial charge in [-0.1, -0.05) is 60.1 Å². The minimum absolute atomic E-state index is 0.0455. The van der Waals surface area contributed by atoms with E-state index in [4.69, 9.17) is 11.6 Å². The summed E-state index contributed by atoms with van der Waals surface area (Å²) in [5.74, 6) is -0.120. The van der Waals surface area contributed by atoms with E-state index >= 15 is 0 Å². The molecule has 0 saturated carbocycles. The van der Waals surface area contributed by atoms with Crippen molar-refractivity contribution in [2.45, 2.75) is 6.18 Å². The second-order valence-corrected chi connectivity index (χ2v) is 5.62. The fourth-order valence-electron chi connectivity index (χ4n) is 2.11. The number of nitrogens with zero attached hydrogens (tertiary/aromatic N) is 3. The second-order valence-electron chi connectivity index (χ2n) is 5.22. The van der Waals surface area contributed by atoms with Crippen molar-refractivity contribution < 1.29 is 13.2 Å². The monoisotopic (exact) mass is 376 g/mol. The molecule has 1 heterocycles. The summed E-state index contributed by atoms with van der Waals surface area (Å²) in [6.07, 6.45) is -3.20. The summed E-state index contributed by atoms with van der Waals surface area (Å²) in [6, 6.07) is 16.2. The van der Waals surface area contributed by atoms with E-state index in [0.717, 1.165) is 6.07 Å². The van der Waals surface area contributed by atoms with Gasteiger partial charge in [-0.3, -0.25) is 5.43 Å². The summed E-state index contributed by atoms with van der Waals surface area (Å²) in [5, 5.41) is 4.39. The Morgan fingerprint density at radius 2 is 1.65 bits per heavy atom. The fraction of sp³-hybridized carbons (Fsp3) is 0.0556. The zero-order valence-corrected chi connectivity index (χ0v) is 14.0. The van der Waals surface area contributed by atoms with Gasteiger partial charge in [0.05, 0.1) is 6.21 Å². The highest BCUT2D eigenvalue weighted by Crippen LogP contribution is 2.30. The number of hydrogen-bond donors (Lipinski definition) is 1. The van der Waals surface area contributed by atoms with E-state index in [-0.39, 0.29) is 11.6 Å². The SMILES string of the molecule is FC(F)(F)c1cc(NN=Cc2ccccc2Cl)nc(-c2ccccc2)n1. The van der Waals surface area contributed by atoms with E-state index in [9.17, 15) is 13.2 Å². The van der Waals surface area contributed by atoms with E-state index < -0.39 is 11.9 Å². The molecule has 0 aliphatic rings. The molecule has 1 aromatic heterocycles. The lowest BCUT2D eigenvalue weighted by Gasteiger charge is -2.10. The van der Waals surface area contributed by atoms with Crippen LogP contribution < -0.4 is 5.43 Å². The van der Waals surface area contributed by atoms with Crippen LogP contribution in [-0.2, 0) is 6.18 Å². The molecule has 8 heteroatoms. The number of anilines is 1. The van der Waals surface area contributed by atoms with Gasteiger partial charge >= 0.3 is 6.18 Å². The molecule has 0 bridgehead atoms. The number of aromatic nitrogens is 2. The first-order valence-electron chi connectivity index (χ1n) is 7.49. The molecule has 3 aromatic rings. The number of benzene rings is 2. The van der Waals surface area contributed by atoms with Crippen molar-refractivity contribution in [1.29, 1.82) is 0 Å². The van der Waals surface area contributed by atoms with E-state index in [2.05, 4.69) is 20.5 Å². The van der Waals surface area contributed by atoms with Gasteiger partial charge in [0.1, 0.15) is 0 Å². The Morgan fingerprint density at radius 1 is 0.962 bits per heavy atom. The summed E-state index contributed by atoms with van der Waals surface area (Å²) in [7, 11) is 0. The van der Waals surface area contributed by atoms with Crippen molar-refractivity contribution in [2.75, 3.05) is 5.43 Å². The molecule has 0 spiro atoms. The molecule has 0 aliphatic heterocycles. The van der Waals surface area contributed by atoms with Gasteiger partial charge in [0.15, 0.2) is 17.3 Å². The number of nitrogens with one attached hydrogen (secondary N) is 1. The largest absolute Gasteiger partial charge is 0.433 e. The number of hydrogen-bond acceptors (Lipinski definition) is 4. The lowest BCUT2D eigenvalue weighted by atomic mass is 10.2. The number of rotatable bonds is 4. The van der Waals surface area contributed by atoms with Gasteiger partial charge in [0, 0.05) is 22.2 Å². The molecule has 0 saturated heterocycles. The molecule has 0 atom stereocenters. The topological polar surface area (TPSA) is 50.2 Å².